The molecule has 7 nitrogen and oxygen atoms in total. The van der Waals surface area contributed by atoms with Crippen LogP contribution in [0.15, 0.2) is 36.4 Å². The van der Waals surface area contributed by atoms with Gasteiger partial charge in [-0.25, -0.2) is 0 Å². The van der Waals surface area contributed by atoms with E-state index in [9.17, 15) is 19.1 Å². The number of anilines is 2. The van der Waals surface area contributed by atoms with Gasteiger partial charge >= 0.3 is 223 Å². The van der Waals surface area contributed by atoms with Crippen molar-refractivity contribution >= 4 is 42.4 Å². The van der Waals surface area contributed by atoms with Crippen molar-refractivity contribution < 1.29 is 23.8 Å². The van der Waals surface area contributed by atoms with E-state index >= 15 is 0 Å². The van der Waals surface area contributed by atoms with Crippen LogP contribution in [-0.4, -0.2) is 45.0 Å². The first-order valence-corrected chi connectivity index (χ1v) is 16.0. The zero-order valence-corrected chi connectivity index (χ0v) is 23.5. The van der Waals surface area contributed by atoms with E-state index in [1.807, 2.05) is 18.2 Å². The van der Waals surface area contributed by atoms with Crippen LogP contribution in [0.2, 0.25) is 9.91 Å². The number of urea groups is 1. The van der Waals surface area contributed by atoms with Crippen LogP contribution in [0.3, 0.4) is 0 Å². The number of rotatable bonds is 10. The molecule has 3 rings (SSSR count). The van der Waals surface area contributed by atoms with Crippen molar-refractivity contribution in [2.24, 2.45) is 5.92 Å². The summed E-state index contributed by atoms with van der Waals surface area (Å²) in [6, 6.07) is 11.0. The van der Waals surface area contributed by atoms with Crippen LogP contribution >= 0.6 is 0 Å². The number of nitrogens with zero attached hydrogens (tertiary/aromatic N) is 1. The van der Waals surface area contributed by atoms with Crippen molar-refractivity contribution in [1.82, 2.24) is 0 Å². The number of methoxy groups -OCH3 is 1. The average Bonchev–Trinajstić information content (AvgIpc) is 2.87. The average molecular weight is 572 g/mol. The summed E-state index contributed by atoms with van der Waals surface area (Å²) in [5.41, 5.74) is 1.53. The van der Waals surface area contributed by atoms with Gasteiger partial charge in [0.15, 0.2) is 0 Å². The van der Waals surface area contributed by atoms with Crippen LogP contribution in [0.25, 0.3) is 0 Å². The van der Waals surface area contributed by atoms with Gasteiger partial charge in [-0.05, 0) is 0 Å². The summed E-state index contributed by atoms with van der Waals surface area (Å²) in [5, 5.41) is 25.0. The molecule has 2 aromatic carbocycles. The Hall–Kier alpha value is -2.88. The fraction of sp³-hybridized carbons (Fsp3) is 0.464. The monoisotopic (exact) mass is 571 g/mol. The molecule has 198 valence electrons. The maximum absolute atomic E-state index is 14.4. The number of aliphatic carboxylic acids is 1. The van der Waals surface area contributed by atoms with E-state index in [1.165, 1.54) is 51.3 Å². The summed E-state index contributed by atoms with van der Waals surface area (Å²) in [7, 11) is 1.36. The van der Waals surface area contributed by atoms with Gasteiger partial charge in [0.05, 0.1) is 0 Å². The van der Waals surface area contributed by atoms with E-state index in [2.05, 4.69) is 30.5 Å². The van der Waals surface area contributed by atoms with Crippen LogP contribution in [0.1, 0.15) is 57.1 Å². The molecule has 9 heteroatoms. The van der Waals surface area contributed by atoms with E-state index in [-0.39, 0.29) is 17.7 Å². The summed E-state index contributed by atoms with van der Waals surface area (Å²) >= 11 is -1.61. The van der Waals surface area contributed by atoms with Gasteiger partial charge in [-0.3, -0.25) is 0 Å². The fourth-order valence-electron chi connectivity index (χ4n) is 4.74. The number of carboxylic acids is 1. The minimum absolute atomic E-state index is 0.0246. The molecule has 3 N–H and O–H groups in total. The Balaban J connectivity index is 1.95. The Morgan fingerprint density at radius 3 is 2.43 bits per heavy atom. The van der Waals surface area contributed by atoms with E-state index in [4.69, 9.17) is 10.00 Å². The molecule has 0 aromatic heterocycles. The number of carboxylic acid groups (broad SMARTS) is 1. The summed E-state index contributed by atoms with van der Waals surface area (Å²) in [6.07, 6.45) is 5.26. The Morgan fingerprint density at radius 2 is 1.84 bits per heavy atom. The molecule has 37 heavy (non-hydrogen) atoms. The third kappa shape index (κ3) is 8.05. The van der Waals surface area contributed by atoms with Crippen LogP contribution in [-0.2, 0) is 16.0 Å². The Labute approximate surface area is 222 Å². The van der Waals surface area contributed by atoms with Crippen LogP contribution < -0.4 is 15.0 Å². The molecular formula is C28H35AsFN3O4. The second-order valence-corrected chi connectivity index (χ2v) is 15.1. The minimum atomic E-state index is -1.61. The molecule has 0 spiro atoms. The number of ether oxygens (including phenoxy) is 1. The van der Waals surface area contributed by atoms with Crippen molar-refractivity contribution in [3.05, 3.63) is 53.3 Å². The van der Waals surface area contributed by atoms with E-state index in [0.717, 1.165) is 21.2 Å². The molecule has 1 fully saturated rings. The predicted molar refractivity (Wildman–Crippen MR) is 144 cm³/mol. The summed E-state index contributed by atoms with van der Waals surface area (Å²) in [5.74, 6) is -1.23. The fourth-order valence-corrected chi connectivity index (χ4v) is 11.8. The Kier molecular flexibility index (Phi) is 10.5. The number of benzene rings is 2. The van der Waals surface area contributed by atoms with Gasteiger partial charge in [0, 0.05) is 0 Å². The first-order chi connectivity index (χ1) is 17.7. The quantitative estimate of drug-likeness (QED) is 0.318. The van der Waals surface area contributed by atoms with Gasteiger partial charge in [-0.1, -0.05) is 0 Å². The molecule has 0 saturated heterocycles. The van der Waals surface area contributed by atoms with E-state index in [0.29, 0.717) is 16.3 Å². The van der Waals surface area contributed by atoms with Crippen LogP contribution in [0, 0.1) is 23.1 Å². The molecule has 1 aliphatic carbocycles. The van der Waals surface area contributed by atoms with E-state index < -0.39 is 38.6 Å². The standard InChI is InChI=1S/C28H35AsFN3O4/c1-18(2)16-29(21-7-5-4-6-8-21)22-11-9-19(15-26(37-3)27(34)35)14-25(22)33-28(36)32-24-12-10-20(17-31)13-23(24)30/h9-14,18,21,26H,4-8,15-16H2,1-3H3,(H,34,35)(H2,32,33,36). The number of carbonyl (C=O) groups excluding carboxylic acids is 1. The second kappa shape index (κ2) is 13.6. The molecular weight excluding hydrogens is 536 g/mol. The van der Waals surface area contributed by atoms with Crippen LogP contribution in [0.4, 0.5) is 20.6 Å². The number of halogens is 1. The zero-order valence-electron chi connectivity index (χ0n) is 21.6. The zero-order chi connectivity index (χ0) is 26.9. The topological polar surface area (TPSA) is 111 Å². The maximum atomic E-state index is 14.4. The van der Waals surface area contributed by atoms with Crippen molar-refractivity contribution in [1.29, 1.82) is 5.26 Å². The first kappa shape index (κ1) is 28.7. The Bertz CT molecular complexity index is 1140. The summed E-state index contributed by atoms with van der Waals surface area (Å²) < 4.78 is 21.3. The van der Waals surface area contributed by atoms with Crippen molar-refractivity contribution in [3.8, 4) is 6.07 Å². The van der Waals surface area contributed by atoms with Crippen molar-refractivity contribution in [2.45, 2.75) is 68.4 Å². The van der Waals surface area contributed by atoms with Gasteiger partial charge in [0.1, 0.15) is 0 Å². The van der Waals surface area contributed by atoms with Crippen LogP contribution in [0.5, 0.6) is 0 Å². The Morgan fingerprint density at radius 1 is 1.14 bits per heavy atom. The number of amides is 2. The predicted octanol–water partition coefficient (Wildman–Crippen LogP) is 5.68. The van der Waals surface area contributed by atoms with Crippen molar-refractivity contribution in [2.75, 3.05) is 17.7 Å². The molecule has 0 aliphatic heterocycles. The molecule has 2 atom stereocenters. The normalized spacial score (nSPS) is 15.6. The number of hydrogen-bond donors (Lipinski definition) is 3. The molecule has 0 heterocycles. The summed E-state index contributed by atoms with van der Waals surface area (Å²) in [6.45, 7) is 4.45. The van der Waals surface area contributed by atoms with Gasteiger partial charge in [0.2, 0.25) is 0 Å². The number of carbonyl (C=O) groups is 2. The summed E-state index contributed by atoms with van der Waals surface area (Å²) in [4.78, 5) is 24.5. The molecule has 2 aromatic rings. The van der Waals surface area contributed by atoms with Crippen molar-refractivity contribution in [3.63, 3.8) is 0 Å². The first-order valence-electron chi connectivity index (χ1n) is 12.6. The molecule has 0 radical (unpaired) electrons. The van der Waals surface area contributed by atoms with Gasteiger partial charge in [-0.15, -0.1) is 0 Å². The van der Waals surface area contributed by atoms with Gasteiger partial charge in [-0.2, -0.15) is 0 Å². The number of hydrogen-bond acceptors (Lipinski definition) is 4. The third-order valence-electron chi connectivity index (χ3n) is 6.52. The number of nitriles is 1. The second-order valence-electron chi connectivity index (χ2n) is 9.84. The SMILES string of the molecule is COC(Cc1ccc([As](CC(C)C)C2CCCCC2)c(NC(=O)Nc2ccc(C#N)cc2F)c1)C(=O)O. The molecule has 1 saturated carbocycles. The molecule has 2 amide bonds. The van der Waals surface area contributed by atoms with Gasteiger partial charge in [0.25, 0.3) is 0 Å². The van der Waals surface area contributed by atoms with E-state index in [1.54, 1.807) is 0 Å². The molecule has 0 bridgehead atoms. The van der Waals surface area contributed by atoms with Gasteiger partial charge < -0.3 is 0 Å². The third-order valence-corrected chi connectivity index (χ3v) is 13.9. The molecule has 2 unspecified atom stereocenters. The number of nitrogens with one attached hydrogen (secondary N) is 2. The molecule has 1 aliphatic rings.